The highest BCUT2D eigenvalue weighted by Crippen LogP contribution is 2.27. The van der Waals surface area contributed by atoms with Crippen molar-refractivity contribution in [2.24, 2.45) is 5.92 Å². The van der Waals surface area contributed by atoms with E-state index in [0.29, 0.717) is 39.0 Å². The number of methoxy groups -OCH3 is 1. The number of piperazine rings is 1. The molecular formula is C26H32N4O4S. The Balaban J connectivity index is 1.24. The maximum absolute atomic E-state index is 13.1. The van der Waals surface area contributed by atoms with E-state index in [0.717, 1.165) is 31.8 Å². The Morgan fingerprint density at radius 1 is 1.00 bits per heavy atom. The van der Waals surface area contributed by atoms with Crippen molar-refractivity contribution < 1.29 is 17.9 Å². The molecule has 1 amide bonds. The predicted molar refractivity (Wildman–Crippen MR) is 132 cm³/mol. The minimum absolute atomic E-state index is 0.0399. The average Bonchev–Trinajstić information content (AvgIpc) is 2.92. The van der Waals surface area contributed by atoms with Gasteiger partial charge in [0.25, 0.3) is 0 Å². The standard InChI is InChI=1S/C26H32N4O4S/c1-34-24-8-6-21(7-9-24)10-13-28-16-18-29(19-17-28)26(31)22-11-14-30(15-12-22)35(32,33)25-5-3-2-4-23(25)20-27/h2-9,22H,10-19H2,1H3. The van der Waals surface area contributed by atoms with Crippen LogP contribution in [0.2, 0.25) is 0 Å². The van der Waals surface area contributed by atoms with Crippen molar-refractivity contribution in [3.8, 4) is 11.8 Å². The highest BCUT2D eigenvalue weighted by molar-refractivity contribution is 7.89. The van der Waals surface area contributed by atoms with Crippen LogP contribution in [0.3, 0.4) is 0 Å². The van der Waals surface area contributed by atoms with Crippen LogP contribution in [-0.4, -0.2) is 81.4 Å². The zero-order valence-corrected chi connectivity index (χ0v) is 20.9. The molecule has 0 N–H and O–H groups in total. The van der Waals surface area contributed by atoms with Gasteiger partial charge < -0.3 is 9.64 Å². The van der Waals surface area contributed by atoms with Gasteiger partial charge in [0.05, 0.1) is 17.6 Å². The third-order valence-electron chi connectivity index (χ3n) is 6.99. The Hall–Kier alpha value is -2.93. The van der Waals surface area contributed by atoms with Crippen molar-refractivity contribution in [2.75, 3.05) is 52.9 Å². The van der Waals surface area contributed by atoms with Crippen LogP contribution < -0.4 is 4.74 Å². The zero-order chi connectivity index (χ0) is 24.8. The Morgan fingerprint density at radius 2 is 1.66 bits per heavy atom. The van der Waals surface area contributed by atoms with Gasteiger partial charge in [-0.2, -0.15) is 9.57 Å². The number of carbonyl (C=O) groups is 1. The van der Waals surface area contributed by atoms with E-state index in [1.54, 1.807) is 19.2 Å². The van der Waals surface area contributed by atoms with Crippen LogP contribution in [0.25, 0.3) is 0 Å². The minimum atomic E-state index is -3.75. The van der Waals surface area contributed by atoms with Gasteiger partial charge in [0, 0.05) is 51.7 Å². The fourth-order valence-electron chi connectivity index (χ4n) is 4.80. The Morgan fingerprint density at radius 3 is 2.29 bits per heavy atom. The van der Waals surface area contributed by atoms with E-state index in [4.69, 9.17) is 4.74 Å². The summed E-state index contributed by atoms with van der Waals surface area (Å²) >= 11 is 0. The van der Waals surface area contributed by atoms with Crippen molar-refractivity contribution in [1.82, 2.24) is 14.1 Å². The molecule has 0 atom stereocenters. The summed E-state index contributed by atoms with van der Waals surface area (Å²) in [5.41, 5.74) is 1.42. The first-order chi connectivity index (χ1) is 16.9. The summed E-state index contributed by atoms with van der Waals surface area (Å²) in [6, 6.07) is 16.4. The zero-order valence-electron chi connectivity index (χ0n) is 20.1. The van der Waals surface area contributed by atoms with Crippen molar-refractivity contribution in [3.63, 3.8) is 0 Å². The van der Waals surface area contributed by atoms with Gasteiger partial charge in [-0.25, -0.2) is 8.42 Å². The number of amides is 1. The van der Waals surface area contributed by atoms with Crippen molar-refractivity contribution in [1.29, 1.82) is 5.26 Å². The molecule has 2 aromatic rings. The van der Waals surface area contributed by atoms with Gasteiger partial charge >= 0.3 is 0 Å². The molecule has 8 nitrogen and oxygen atoms in total. The molecule has 0 bridgehead atoms. The molecule has 0 aromatic heterocycles. The molecule has 9 heteroatoms. The largest absolute Gasteiger partial charge is 0.497 e. The summed E-state index contributed by atoms with van der Waals surface area (Å²) in [7, 11) is -2.08. The molecule has 35 heavy (non-hydrogen) atoms. The Kier molecular flexibility index (Phi) is 8.06. The third-order valence-corrected chi connectivity index (χ3v) is 8.95. The van der Waals surface area contributed by atoms with Gasteiger partial charge in [0.2, 0.25) is 15.9 Å². The lowest BCUT2D eigenvalue weighted by Gasteiger charge is -2.38. The normalized spacial score (nSPS) is 18.2. The lowest BCUT2D eigenvalue weighted by Crippen LogP contribution is -2.52. The SMILES string of the molecule is COc1ccc(CCN2CCN(C(=O)C3CCN(S(=O)(=O)c4ccccc4C#N)CC3)CC2)cc1. The Bertz CT molecular complexity index is 1160. The lowest BCUT2D eigenvalue weighted by molar-refractivity contribution is -0.138. The molecule has 0 aliphatic carbocycles. The van der Waals surface area contributed by atoms with E-state index in [1.165, 1.54) is 22.0 Å². The van der Waals surface area contributed by atoms with Crippen LogP contribution in [0.15, 0.2) is 53.4 Å². The maximum Gasteiger partial charge on any atom is 0.244 e. The van der Waals surface area contributed by atoms with Crippen molar-refractivity contribution >= 4 is 15.9 Å². The van der Waals surface area contributed by atoms with Gasteiger partial charge in [-0.3, -0.25) is 9.69 Å². The molecule has 4 rings (SSSR count). The summed E-state index contributed by atoms with van der Waals surface area (Å²) in [5, 5.41) is 9.28. The molecule has 0 spiro atoms. The van der Waals surface area contributed by atoms with E-state index in [2.05, 4.69) is 17.0 Å². The molecule has 2 heterocycles. The number of benzene rings is 2. The van der Waals surface area contributed by atoms with E-state index < -0.39 is 10.0 Å². The molecule has 2 aromatic carbocycles. The summed E-state index contributed by atoms with van der Waals surface area (Å²) < 4.78 is 32.7. The summed E-state index contributed by atoms with van der Waals surface area (Å²) in [5.74, 6) is 0.837. The first kappa shape index (κ1) is 25.2. The molecular weight excluding hydrogens is 464 g/mol. The van der Waals surface area contributed by atoms with Gasteiger partial charge in [0.1, 0.15) is 11.8 Å². The van der Waals surface area contributed by atoms with Gasteiger partial charge in [-0.15, -0.1) is 0 Å². The van der Waals surface area contributed by atoms with Crippen molar-refractivity contribution in [2.45, 2.75) is 24.2 Å². The predicted octanol–water partition coefficient (Wildman–Crippen LogP) is 2.35. The molecule has 2 aliphatic rings. The van der Waals surface area contributed by atoms with Crippen LogP contribution in [0.4, 0.5) is 0 Å². The third kappa shape index (κ3) is 5.84. The van der Waals surface area contributed by atoms with Gasteiger partial charge in [0.15, 0.2) is 0 Å². The topological polar surface area (TPSA) is 93.9 Å². The van der Waals surface area contributed by atoms with Gasteiger partial charge in [-0.1, -0.05) is 24.3 Å². The quantitative estimate of drug-likeness (QED) is 0.584. The number of hydrogen-bond acceptors (Lipinski definition) is 6. The second-order valence-corrected chi connectivity index (χ2v) is 11.0. The minimum Gasteiger partial charge on any atom is -0.497 e. The lowest BCUT2D eigenvalue weighted by atomic mass is 9.96. The van der Waals surface area contributed by atoms with E-state index >= 15 is 0 Å². The second-order valence-electron chi connectivity index (χ2n) is 9.05. The monoisotopic (exact) mass is 496 g/mol. The van der Waals surface area contributed by atoms with Crippen LogP contribution in [0, 0.1) is 17.2 Å². The van der Waals surface area contributed by atoms with E-state index in [1.807, 2.05) is 23.1 Å². The number of nitrogens with zero attached hydrogens (tertiary/aromatic N) is 4. The molecule has 2 aliphatic heterocycles. The molecule has 0 unspecified atom stereocenters. The number of ether oxygens (including phenoxy) is 1. The average molecular weight is 497 g/mol. The molecule has 0 saturated carbocycles. The fraction of sp³-hybridized carbons (Fsp3) is 0.462. The maximum atomic E-state index is 13.1. The van der Waals surface area contributed by atoms with Crippen molar-refractivity contribution in [3.05, 3.63) is 59.7 Å². The fourth-order valence-corrected chi connectivity index (χ4v) is 6.41. The number of rotatable bonds is 7. The highest BCUT2D eigenvalue weighted by atomic mass is 32.2. The van der Waals surface area contributed by atoms with E-state index in [9.17, 15) is 18.5 Å². The van der Waals surface area contributed by atoms with Gasteiger partial charge in [-0.05, 0) is 49.1 Å². The number of sulfonamides is 1. The molecule has 186 valence electrons. The molecule has 2 fully saturated rings. The van der Waals surface area contributed by atoms with Crippen LogP contribution in [0.1, 0.15) is 24.0 Å². The number of carbonyl (C=O) groups excluding carboxylic acids is 1. The van der Waals surface area contributed by atoms with Crippen LogP contribution >= 0.6 is 0 Å². The summed E-state index contributed by atoms with van der Waals surface area (Å²) in [6.07, 6.45) is 1.97. The van der Waals surface area contributed by atoms with E-state index in [-0.39, 0.29) is 22.3 Å². The van der Waals surface area contributed by atoms with Crippen LogP contribution in [0.5, 0.6) is 5.75 Å². The molecule has 0 radical (unpaired) electrons. The second kappa shape index (κ2) is 11.2. The number of nitriles is 1. The Labute approximate surface area is 207 Å². The number of hydrogen-bond donors (Lipinski definition) is 0. The number of piperidine rings is 1. The molecule has 2 saturated heterocycles. The smallest absolute Gasteiger partial charge is 0.244 e. The first-order valence-corrected chi connectivity index (χ1v) is 13.5. The van der Waals surface area contributed by atoms with Crippen LogP contribution in [-0.2, 0) is 21.2 Å². The summed E-state index contributed by atoms with van der Waals surface area (Å²) in [4.78, 5) is 17.5. The first-order valence-electron chi connectivity index (χ1n) is 12.1. The summed E-state index contributed by atoms with van der Waals surface area (Å²) in [6.45, 7) is 4.64. The highest BCUT2D eigenvalue weighted by Gasteiger charge is 2.35.